The lowest BCUT2D eigenvalue weighted by molar-refractivity contribution is 0.0705. The van der Waals surface area contributed by atoms with Crippen molar-refractivity contribution in [3.63, 3.8) is 0 Å². The summed E-state index contributed by atoms with van der Waals surface area (Å²) in [6, 6.07) is 8.39. The number of amidine groups is 1. The highest BCUT2D eigenvalue weighted by Gasteiger charge is 2.39. The number of hydrogen-bond acceptors (Lipinski definition) is 4. The van der Waals surface area contributed by atoms with Crippen LogP contribution in [0.1, 0.15) is 37.7 Å². The third-order valence-corrected chi connectivity index (χ3v) is 5.68. The first kappa shape index (κ1) is 19.8. The molecule has 0 spiro atoms. The summed E-state index contributed by atoms with van der Waals surface area (Å²) in [5.74, 6) is 1.69. The molecule has 2 aliphatic heterocycles. The van der Waals surface area contributed by atoms with Gasteiger partial charge in [-0.05, 0) is 62.9 Å². The fourth-order valence-electron chi connectivity index (χ4n) is 4.18. The zero-order valence-corrected chi connectivity index (χ0v) is 16.4. The van der Waals surface area contributed by atoms with E-state index in [2.05, 4.69) is 39.2 Å². The van der Waals surface area contributed by atoms with Crippen molar-refractivity contribution in [2.45, 2.75) is 37.5 Å². The largest absolute Gasteiger partial charge is 0.494 e. The average molecular weight is 373 g/mol. The number of nitrogens with two attached hydrogens (primary N) is 1. The standard InChI is InChI=1S/C21H32N4O2/c1-23-20(24-17-22)21(9-15-26-16-10-21)18-5-7-19(8-6-18)27-14-4-13-25-11-2-3-12-25/h5-8,17H,2-4,9-16H2,1H3,(H2,22,23,24). The zero-order chi connectivity index (χ0) is 19.0. The van der Waals surface area contributed by atoms with Crippen LogP contribution < -0.4 is 10.5 Å². The molecule has 2 heterocycles. The van der Waals surface area contributed by atoms with Crippen LogP contribution in [0.4, 0.5) is 0 Å². The average Bonchev–Trinajstić information content (AvgIpc) is 3.24. The van der Waals surface area contributed by atoms with Crippen LogP contribution in [-0.4, -0.2) is 63.6 Å². The van der Waals surface area contributed by atoms with Crippen molar-refractivity contribution in [2.75, 3.05) is 46.5 Å². The summed E-state index contributed by atoms with van der Waals surface area (Å²) in [6.07, 6.45) is 6.79. The number of hydrogen-bond donors (Lipinski definition) is 1. The lowest BCUT2D eigenvalue weighted by Gasteiger charge is -2.37. The summed E-state index contributed by atoms with van der Waals surface area (Å²) >= 11 is 0. The smallest absolute Gasteiger partial charge is 0.135 e. The van der Waals surface area contributed by atoms with Crippen molar-refractivity contribution in [2.24, 2.45) is 15.7 Å². The Balaban J connectivity index is 1.62. The van der Waals surface area contributed by atoms with E-state index in [4.69, 9.17) is 15.2 Å². The van der Waals surface area contributed by atoms with Crippen LogP contribution in [0.25, 0.3) is 0 Å². The Morgan fingerprint density at radius 2 is 1.93 bits per heavy atom. The summed E-state index contributed by atoms with van der Waals surface area (Å²) in [5.41, 5.74) is 6.52. The van der Waals surface area contributed by atoms with Crippen LogP contribution in [0.3, 0.4) is 0 Å². The molecule has 6 nitrogen and oxygen atoms in total. The Morgan fingerprint density at radius 3 is 2.56 bits per heavy atom. The van der Waals surface area contributed by atoms with Crippen molar-refractivity contribution in [1.29, 1.82) is 0 Å². The van der Waals surface area contributed by atoms with Crippen LogP contribution in [0.2, 0.25) is 0 Å². The SMILES string of the molecule is CN=C(N=CN)C1(c2ccc(OCCCN3CCCC3)cc2)CCOCC1. The summed E-state index contributed by atoms with van der Waals surface area (Å²) in [6.45, 7) is 5.78. The minimum absolute atomic E-state index is 0.239. The van der Waals surface area contributed by atoms with Crippen LogP contribution in [0.15, 0.2) is 34.3 Å². The molecule has 0 atom stereocenters. The highest BCUT2D eigenvalue weighted by molar-refractivity contribution is 5.97. The second-order valence-corrected chi connectivity index (χ2v) is 7.30. The number of likely N-dealkylation sites (tertiary alicyclic amines) is 1. The molecule has 1 aromatic rings. The van der Waals surface area contributed by atoms with Gasteiger partial charge in [0.1, 0.15) is 11.6 Å². The van der Waals surface area contributed by atoms with Crippen molar-refractivity contribution >= 4 is 12.2 Å². The first-order valence-electron chi connectivity index (χ1n) is 10.0. The van der Waals surface area contributed by atoms with E-state index in [0.29, 0.717) is 13.2 Å². The van der Waals surface area contributed by atoms with Crippen molar-refractivity contribution in [1.82, 2.24) is 4.90 Å². The van der Waals surface area contributed by atoms with Crippen LogP contribution in [0, 0.1) is 0 Å². The molecule has 3 rings (SSSR count). The maximum absolute atomic E-state index is 5.94. The fraction of sp³-hybridized carbons (Fsp3) is 0.619. The molecule has 148 valence electrons. The third kappa shape index (κ3) is 4.87. The molecule has 0 aromatic heterocycles. The zero-order valence-electron chi connectivity index (χ0n) is 16.4. The molecule has 2 aliphatic rings. The van der Waals surface area contributed by atoms with Gasteiger partial charge in [0, 0.05) is 26.8 Å². The number of aliphatic imine (C=N–C) groups is 2. The lowest BCUT2D eigenvalue weighted by atomic mass is 9.73. The highest BCUT2D eigenvalue weighted by atomic mass is 16.5. The minimum atomic E-state index is -0.239. The van der Waals surface area contributed by atoms with Gasteiger partial charge in [-0.15, -0.1) is 0 Å². The van der Waals surface area contributed by atoms with Gasteiger partial charge in [0.15, 0.2) is 0 Å². The molecule has 0 unspecified atom stereocenters. The first-order valence-corrected chi connectivity index (χ1v) is 10.0. The van der Waals surface area contributed by atoms with E-state index in [9.17, 15) is 0 Å². The number of ether oxygens (including phenoxy) is 2. The Hall–Kier alpha value is -1.92. The first-order chi connectivity index (χ1) is 13.3. The summed E-state index contributed by atoms with van der Waals surface area (Å²) < 4.78 is 11.5. The van der Waals surface area contributed by atoms with E-state index < -0.39 is 0 Å². The monoisotopic (exact) mass is 372 g/mol. The molecule has 27 heavy (non-hydrogen) atoms. The van der Waals surface area contributed by atoms with Gasteiger partial charge in [-0.2, -0.15) is 0 Å². The van der Waals surface area contributed by atoms with E-state index in [-0.39, 0.29) is 5.41 Å². The van der Waals surface area contributed by atoms with Crippen LogP contribution in [0.5, 0.6) is 5.75 Å². The van der Waals surface area contributed by atoms with E-state index in [1.165, 1.54) is 37.8 Å². The van der Waals surface area contributed by atoms with E-state index in [0.717, 1.165) is 44.0 Å². The molecule has 1 aromatic carbocycles. The van der Waals surface area contributed by atoms with Gasteiger partial charge >= 0.3 is 0 Å². The summed E-state index contributed by atoms with van der Waals surface area (Å²) in [5, 5.41) is 0. The summed E-state index contributed by atoms with van der Waals surface area (Å²) in [4.78, 5) is 11.3. The topological polar surface area (TPSA) is 72.4 Å². The van der Waals surface area contributed by atoms with Crippen molar-refractivity contribution in [3.8, 4) is 5.75 Å². The Kier molecular flexibility index (Phi) is 7.24. The van der Waals surface area contributed by atoms with Gasteiger partial charge in [-0.3, -0.25) is 4.99 Å². The second kappa shape index (κ2) is 9.85. The van der Waals surface area contributed by atoms with E-state index in [1.807, 2.05) is 0 Å². The molecular formula is C21H32N4O2. The minimum Gasteiger partial charge on any atom is -0.494 e. The second-order valence-electron chi connectivity index (χ2n) is 7.30. The lowest BCUT2D eigenvalue weighted by Crippen LogP contribution is -2.41. The number of nitrogens with zero attached hydrogens (tertiary/aromatic N) is 3. The fourth-order valence-corrected chi connectivity index (χ4v) is 4.18. The molecule has 0 aliphatic carbocycles. The normalized spacial score (nSPS) is 21.0. The predicted molar refractivity (Wildman–Crippen MR) is 110 cm³/mol. The molecule has 6 heteroatoms. The molecule has 0 radical (unpaired) electrons. The van der Waals surface area contributed by atoms with Gasteiger partial charge in [-0.1, -0.05) is 12.1 Å². The van der Waals surface area contributed by atoms with Gasteiger partial charge in [0.2, 0.25) is 0 Å². The molecule has 0 saturated carbocycles. The molecular weight excluding hydrogens is 340 g/mol. The van der Waals surface area contributed by atoms with Gasteiger partial charge in [0.25, 0.3) is 0 Å². The molecule has 0 bridgehead atoms. The molecule has 0 amide bonds. The number of benzene rings is 1. The Labute approximate surface area is 162 Å². The highest BCUT2D eigenvalue weighted by Crippen LogP contribution is 2.37. The van der Waals surface area contributed by atoms with E-state index in [1.54, 1.807) is 7.05 Å². The van der Waals surface area contributed by atoms with Crippen LogP contribution >= 0.6 is 0 Å². The summed E-state index contributed by atoms with van der Waals surface area (Å²) in [7, 11) is 1.78. The number of rotatable bonds is 7. The molecule has 2 fully saturated rings. The molecule has 2 saturated heterocycles. The predicted octanol–water partition coefficient (Wildman–Crippen LogP) is 2.61. The quantitative estimate of drug-likeness (QED) is 0.454. The van der Waals surface area contributed by atoms with E-state index >= 15 is 0 Å². The van der Waals surface area contributed by atoms with Crippen LogP contribution in [-0.2, 0) is 10.2 Å². The van der Waals surface area contributed by atoms with Crippen molar-refractivity contribution in [3.05, 3.63) is 29.8 Å². The molecule has 2 N–H and O–H groups in total. The Morgan fingerprint density at radius 1 is 1.22 bits per heavy atom. The maximum Gasteiger partial charge on any atom is 0.135 e. The van der Waals surface area contributed by atoms with Crippen molar-refractivity contribution < 1.29 is 9.47 Å². The maximum atomic E-state index is 5.94. The van der Waals surface area contributed by atoms with Gasteiger partial charge in [0.05, 0.1) is 18.4 Å². The third-order valence-electron chi connectivity index (χ3n) is 5.68. The van der Waals surface area contributed by atoms with Gasteiger partial charge < -0.3 is 20.1 Å². The Bertz CT molecular complexity index is 630. The van der Waals surface area contributed by atoms with Gasteiger partial charge in [-0.25, -0.2) is 4.99 Å².